The zero-order valence-corrected chi connectivity index (χ0v) is 14.2. The lowest BCUT2D eigenvalue weighted by atomic mass is 9.97. The van der Waals surface area contributed by atoms with Crippen molar-refractivity contribution < 1.29 is 9.59 Å². The van der Waals surface area contributed by atoms with Gasteiger partial charge in [-0.25, -0.2) is 4.79 Å². The van der Waals surface area contributed by atoms with E-state index in [1.165, 1.54) is 37.7 Å². The number of nitrogens with zero attached hydrogens (tertiary/aromatic N) is 1. The highest BCUT2D eigenvalue weighted by molar-refractivity contribution is 5.95. The van der Waals surface area contributed by atoms with Gasteiger partial charge in [-0.05, 0) is 58.0 Å². The van der Waals surface area contributed by atoms with Gasteiger partial charge in [-0.3, -0.25) is 15.0 Å². The number of imide groups is 1. The van der Waals surface area contributed by atoms with Crippen molar-refractivity contribution in [2.75, 3.05) is 26.2 Å². The van der Waals surface area contributed by atoms with Crippen LogP contribution < -0.4 is 10.6 Å². The first kappa shape index (κ1) is 18.0. The quantitative estimate of drug-likeness (QED) is 0.765. The Labute approximate surface area is 139 Å². The van der Waals surface area contributed by atoms with Crippen LogP contribution in [0.2, 0.25) is 0 Å². The fourth-order valence-electron chi connectivity index (χ4n) is 3.35. The van der Waals surface area contributed by atoms with Crippen LogP contribution >= 0.6 is 0 Å². The van der Waals surface area contributed by atoms with E-state index in [0.717, 1.165) is 45.2 Å². The molecule has 1 saturated heterocycles. The van der Waals surface area contributed by atoms with Crippen LogP contribution in [0.3, 0.4) is 0 Å². The first-order valence-corrected chi connectivity index (χ1v) is 9.22. The molecule has 2 aliphatic rings. The smallest absolute Gasteiger partial charge is 0.321 e. The number of rotatable bonds is 5. The predicted molar refractivity (Wildman–Crippen MR) is 92.2 cm³/mol. The highest BCUT2D eigenvalue weighted by Crippen LogP contribution is 2.19. The van der Waals surface area contributed by atoms with Crippen LogP contribution in [-0.4, -0.2) is 43.0 Å². The van der Waals surface area contributed by atoms with Gasteiger partial charge in [0.2, 0.25) is 5.91 Å². The monoisotopic (exact) mass is 321 g/mol. The third-order valence-corrected chi connectivity index (χ3v) is 4.69. The minimum absolute atomic E-state index is 0.194. The molecule has 1 heterocycles. The van der Waals surface area contributed by atoms with Crippen LogP contribution in [0.4, 0.5) is 4.79 Å². The first-order chi connectivity index (χ1) is 11.2. The van der Waals surface area contributed by atoms with Crippen LogP contribution in [0.15, 0.2) is 11.6 Å². The molecule has 1 fully saturated rings. The summed E-state index contributed by atoms with van der Waals surface area (Å²) < 4.78 is 0. The molecule has 1 aliphatic carbocycles. The molecule has 3 amide bonds. The number of carbonyl (C=O) groups is 2. The zero-order valence-electron chi connectivity index (χ0n) is 14.2. The fraction of sp³-hybridized carbons (Fsp3) is 0.778. The van der Waals surface area contributed by atoms with Gasteiger partial charge in [0.25, 0.3) is 0 Å². The van der Waals surface area contributed by atoms with E-state index in [1.54, 1.807) is 0 Å². The molecule has 0 bridgehead atoms. The normalized spacial score (nSPS) is 20.1. The van der Waals surface area contributed by atoms with Gasteiger partial charge in [0.1, 0.15) is 0 Å². The molecular formula is C18H31N3O2. The van der Waals surface area contributed by atoms with Crippen LogP contribution in [0.25, 0.3) is 0 Å². The molecule has 5 heteroatoms. The number of nitrogens with one attached hydrogen (secondary N) is 2. The van der Waals surface area contributed by atoms with Crippen molar-refractivity contribution >= 4 is 11.9 Å². The molecule has 0 saturated carbocycles. The van der Waals surface area contributed by atoms with Crippen LogP contribution in [0.5, 0.6) is 0 Å². The van der Waals surface area contributed by atoms with E-state index in [4.69, 9.17) is 0 Å². The summed E-state index contributed by atoms with van der Waals surface area (Å²) in [5.41, 5.74) is 1.43. The fourth-order valence-corrected chi connectivity index (χ4v) is 3.35. The maximum Gasteiger partial charge on any atom is 0.321 e. The van der Waals surface area contributed by atoms with Crippen molar-refractivity contribution in [3.8, 4) is 0 Å². The second kappa shape index (κ2) is 10.4. The molecule has 0 unspecified atom stereocenters. The summed E-state index contributed by atoms with van der Waals surface area (Å²) in [4.78, 5) is 25.9. The SMILES string of the molecule is O=C(CN1CCCCCCC1)NC(=O)NCCC1=CCCCC1. The van der Waals surface area contributed by atoms with Crippen molar-refractivity contribution in [3.63, 3.8) is 0 Å². The van der Waals surface area contributed by atoms with Gasteiger partial charge < -0.3 is 5.32 Å². The third-order valence-electron chi connectivity index (χ3n) is 4.69. The lowest BCUT2D eigenvalue weighted by Gasteiger charge is -2.23. The zero-order chi connectivity index (χ0) is 16.3. The number of urea groups is 1. The van der Waals surface area contributed by atoms with Crippen LogP contribution in [0, 0.1) is 0 Å². The van der Waals surface area contributed by atoms with E-state index in [0.29, 0.717) is 13.1 Å². The van der Waals surface area contributed by atoms with Gasteiger partial charge >= 0.3 is 6.03 Å². The molecule has 23 heavy (non-hydrogen) atoms. The summed E-state index contributed by atoms with van der Waals surface area (Å²) in [5.74, 6) is -0.194. The molecule has 2 rings (SSSR count). The maximum atomic E-state index is 12.0. The number of allylic oxidation sites excluding steroid dienone is 1. The summed E-state index contributed by atoms with van der Waals surface area (Å²) in [7, 11) is 0. The number of amides is 3. The largest absolute Gasteiger partial charge is 0.337 e. The van der Waals surface area contributed by atoms with Crippen molar-refractivity contribution in [1.82, 2.24) is 15.5 Å². The van der Waals surface area contributed by atoms with Gasteiger partial charge in [-0.15, -0.1) is 0 Å². The Bertz CT molecular complexity index is 412. The number of likely N-dealkylation sites (tertiary alicyclic amines) is 1. The number of hydrogen-bond acceptors (Lipinski definition) is 3. The molecule has 0 aromatic carbocycles. The van der Waals surface area contributed by atoms with Gasteiger partial charge in [-0.2, -0.15) is 0 Å². The Morgan fingerprint density at radius 3 is 2.43 bits per heavy atom. The van der Waals surface area contributed by atoms with Crippen molar-refractivity contribution in [2.24, 2.45) is 0 Å². The first-order valence-electron chi connectivity index (χ1n) is 9.22. The Morgan fingerprint density at radius 1 is 1.00 bits per heavy atom. The lowest BCUT2D eigenvalue weighted by molar-refractivity contribution is -0.121. The molecule has 2 N–H and O–H groups in total. The van der Waals surface area contributed by atoms with Crippen molar-refractivity contribution in [1.29, 1.82) is 0 Å². The Hall–Kier alpha value is -1.36. The highest BCUT2D eigenvalue weighted by Gasteiger charge is 2.14. The second-order valence-corrected chi connectivity index (χ2v) is 6.71. The molecule has 0 spiro atoms. The standard InChI is InChI=1S/C18H31N3O2/c22-17(15-21-13-7-2-1-3-8-14-21)20-18(23)19-12-11-16-9-5-4-6-10-16/h9H,1-8,10-15H2,(H2,19,20,22,23). The van der Waals surface area contributed by atoms with Gasteiger partial charge in [0, 0.05) is 6.54 Å². The summed E-state index contributed by atoms with van der Waals surface area (Å²) >= 11 is 0. The van der Waals surface area contributed by atoms with E-state index in [-0.39, 0.29) is 11.9 Å². The Morgan fingerprint density at radius 2 is 1.74 bits per heavy atom. The molecule has 0 atom stereocenters. The van der Waals surface area contributed by atoms with E-state index in [9.17, 15) is 9.59 Å². The summed E-state index contributed by atoms with van der Waals surface area (Å²) in [5, 5.41) is 5.24. The van der Waals surface area contributed by atoms with Crippen LogP contribution in [-0.2, 0) is 4.79 Å². The molecular weight excluding hydrogens is 290 g/mol. The Kier molecular flexibility index (Phi) is 8.15. The van der Waals surface area contributed by atoms with Gasteiger partial charge in [0.05, 0.1) is 6.54 Å². The summed E-state index contributed by atoms with van der Waals surface area (Å²) in [6.07, 6.45) is 14.1. The van der Waals surface area contributed by atoms with Gasteiger partial charge in [-0.1, -0.05) is 30.9 Å². The van der Waals surface area contributed by atoms with Crippen molar-refractivity contribution in [3.05, 3.63) is 11.6 Å². The molecule has 0 radical (unpaired) electrons. The molecule has 130 valence electrons. The van der Waals surface area contributed by atoms with E-state index >= 15 is 0 Å². The third kappa shape index (κ3) is 7.64. The van der Waals surface area contributed by atoms with E-state index < -0.39 is 0 Å². The van der Waals surface area contributed by atoms with E-state index in [2.05, 4.69) is 21.6 Å². The minimum atomic E-state index is -0.363. The summed E-state index contributed by atoms with van der Waals surface area (Å²) in [6, 6.07) is -0.363. The number of hydrogen-bond donors (Lipinski definition) is 2. The topological polar surface area (TPSA) is 61.4 Å². The maximum absolute atomic E-state index is 12.0. The second-order valence-electron chi connectivity index (χ2n) is 6.71. The molecule has 1 aliphatic heterocycles. The molecule has 5 nitrogen and oxygen atoms in total. The number of carbonyl (C=O) groups excluding carboxylic acids is 2. The van der Waals surface area contributed by atoms with E-state index in [1.807, 2.05) is 0 Å². The predicted octanol–water partition coefficient (Wildman–Crippen LogP) is 2.97. The average molecular weight is 321 g/mol. The molecule has 0 aromatic heterocycles. The average Bonchev–Trinajstić information content (AvgIpc) is 2.51. The lowest BCUT2D eigenvalue weighted by Crippen LogP contribution is -2.45. The van der Waals surface area contributed by atoms with Gasteiger partial charge in [0.15, 0.2) is 0 Å². The summed E-state index contributed by atoms with van der Waals surface area (Å²) in [6.45, 7) is 2.86. The molecule has 0 aromatic rings. The van der Waals surface area contributed by atoms with Crippen LogP contribution in [0.1, 0.15) is 64.2 Å². The van der Waals surface area contributed by atoms with Crippen molar-refractivity contribution in [2.45, 2.75) is 64.2 Å². The minimum Gasteiger partial charge on any atom is -0.337 e. The Balaban J connectivity index is 1.59. The highest BCUT2D eigenvalue weighted by atomic mass is 16.2.